The van der Waals surface area contributed by atoms with Gasteiger partial charge in [0.05, 0.1) is 5.56 Å². The van der Waals surface area contributed by atoms with Crippen molar-refractivity contribution in [2.45, 2.75) is 26.3 Å². The number of phenolic OH excluding ortho intramolecular Hbond substituents is 1. The van der Waals surface area contributed by atoms with E-state index in [-0.39, 0.29) is 17.7 Å². The SMILES string of the molecule is CC(C)CC(CN(C)C)NC(=O)c1cc(I)ccc1O. The minimum Gasteiger partial charge on any atom is -0.507 e. The van der Waals surface area contributed by atoms with E-state index < -0.39 is 0 Å². The Hall–Kier alpha value is -0.820. The Morgan fingerprint density at radius 1 is 1.40 bits per heavy atom. The van der Waals surface area contributed by atoms with Crippen LogP contribution in [0.25, 0.3) is 0 Å². The molecule has 2 N–H and O–H groups in total. The number of aromatic hydroxyl groups is 1. The molecule has 0 radical (unpaired) electrons. The lowest BCUT2D eigenvalue weighted by atomic mass is 10.0. The van der Waals surface area contributed by atoms with Gasteiger partial charge in [0.25, 0.3) is 5.91 Å². The second kappa shape index (κ2) is 7.83. The number of carbonyl (C=O) groups is 1. The van der Waals surface area contributed by atoms with Crippen LogP contribution in [0.4, 0.5) is 0 Å². The summed E-state index contributed by atoms with van der Waals surface area (Å²) < 4.78 is 0.929. The van der Waals surface area contributed by atoms with Gasteiger partial charge in [0.2, 0.25) is 0 Å². The average Bonchev–Trinajstić information content (AvgIpc) is 2.30. The highest BCUT2D eigenvalue weighted by Gasteiger charge is 2.18. The van der Waals surface area contributed by atoms with Crippen LogP contribution in [-0.4, -0.2) is 42.6 Å². The summed E-state index contributed by atoms with van der Waals surface area (Å²) >= 11 is 2.13. The fourth-order valence-electron chi connectivity index (χ4n) is 2.14. The molecule has 1 rings (SSSR count). The van der Waals surface area contributed by atoms with Gasteiger partial charge in [-0.3, -0.25) is 4.79 Å². The quantitative estimate of drug-likeness (QED) is 0.735. The number of hydrogen-bond donors (Lipinski definition) is 2. The van der Waals surface area contributed by atoms with Crippen molar-refractivity contribution in [2.75, 3.05) is 20.6 Å². The predicted molar refractivity (Wildman–Crippen MR) is 90.1 cm³/mol. The molecule has 0 aliphatic carbocycles. The first-order valence-corrected chi connectivity index (χ1v) is 7.81. The van der Waals surface area contributed by atoms with Crippen LogP contribution in [0.2, 0.25) is 0 Å². The fourth-order valence-corrected chi connectivity index (χ4v) is 2.63. The van der Waals surface area contributed by atoms with E-state index in [9.17, 15) is 9.90 Å². The van der Waals surface area contributed by atoms with Gasteiger partial charge in [-0.15, -0.1) is 0 Å². The van der Waals surface area contributed by atoms with Crippen LogP contribution in [0, 0.1) is 9.49 Å². The number of carbonyl (C=O) groups excluding carboxylic acids is 1. The first-order chi connectivity index (χ1) is 9.29. The zero-order valence-corrected chi connectivity index (χ0v) is 14.6. The monoisotopic (exact) mass is 390 g/mol. The molecule has 112 valence electrons. The smallest absolute Gasteiger partial charge is 0.255 e. The van der Waals surface area contributed by atoms with Gasteiger partial charge in [-0.05, 0) is 67.2 Å². The average molecular weight is 390 g/mol. The van der Waals surface area contributed by atoms with Crippen molar-refractivity contribution in [1.82, 2.24) is 10.2 Å². The predicted octanol–water partition coefficient (Wildman–Crippen LogP) is 2.70. The molecule has 1 aromatic rings. The summed E-state index contributed by atoms with van der Waals surface area (Å²) in [5.74, 6) is 0.314. The number of likely N-dealkylation sites (N-methyl/N-ethyl adjacent to an activating group) is 1. The molecule has 1 amide bonds. The maximum absolute atomic E-state index is 12.3. The highest BCUT2D eigenvalue weighted by Crippen LogP contribution is 2.20. The van der Waals surface area contributed by atoms with E-state index in [2.05, 4.69) is 46.7 Å². The molecule has 0 spiro atoms. The van der Waals surface area contributed by atoms with Gasteiger partial charge in [0.15, 0.2) is 0 Å². The van der Waals surface area contributed by atoms with E-state index in [1.54, 1.807) is 18.2 Å². The highest BCUT2D eigenvalue weighted by molar-refractivity contribution is 14.1. The Kier molecular flexibility index (Phi) is 6.75. The van der Waals surface area contributed by atoms with Gasteiger partial charge in [-0.1, -0.05) is 13.8 Å². The standard InChI is InChI=1S/C15H23IN2O2/c1-10(2)7-12(9-18(3)4)17-15(20)13-8-11(16)5-6-14(13)19/h5-6,8,10,12,19H,7,9H2,1-4H3,(H,17,20). The Morgan fingerprint density at radius 2 is 2.05 bits per heavy atom. The highest BCUT2D eigenvalue weighted by atomic mass is 127. The summed E-state index contributed by atoms with van der Waals surface area (Å²) in [6.45, 7) is 5.06. The fraction of sp³-hybridized carbons (Fsp3) is 0.533. The Morgan fingerprint density at radius 3 is 2.60 bits per heavy atom. The number of halogens is 1. The van der Waals surface area contributed by atoms with E-state index >= 15 is 0 Å². The Bertz CT molecular complexity index is 451. The van der Waals surface area contributed by atoms with E-state index in [1.807, 2.05) is 14.1 Å². The molecule has 1 aromatic carbocycles. The molecule has 0 fully saturated rings. The van der Waals surface area contributed by atoms with E-state index in [0.29, 0.717) is 11.5 Å². The third-order valence-electron chi connectivity index (χ3n) is 2.88. The van der Waals surface area contributed by atoms with Gasteiger partial charge in [0, 0.05) is 16.2 Å². The second-order valence-corrected chi connectivity index (χ2v) is 6.97. The molecular weight excluding hydrogens is 367 g/mol. The number of benzene rings is 1. The molecule has 0 aliphatic rings. The van der Waals surface area contributed by atoms with E-state index in [1.165, 1.54) is 0 Å². The number of phenols is 1. The molecule has 0 bridgehead atoms. The van der Waals surface area contributed by atoms with Crippen LogP contribution in [0.1, 0.15) is 30.6 Å². The molecular formula is C15H23IN2O2. The second-order valence-electron chi connectivity index (χ2n) is 5.72. The largest absolute Gasteiger partial charge is 0.507 e. The van der Waals surface area contributed by atoms with Crippen molar-refractivity contribution in [2.24, 2.45) is 5.92 Å². The molecule has 0 heterocycles. The maximum atomic E-state index is 12.3. The van der Waals surface area contributed by atoms with E-state index in [4.69, 9.17) is 0 Å². The summed E-state index contributed by atoms with van der Waals surface area (Å²) in [6.07, 6.45) is 0.911. The lowest BCUT2D eigenvalue weighted by Gasteiger charge is -2.24. The molecule has 1 atom stereocenters. The van der Waals surface area contributed by atoms with E-state index in [0.717, 1.165) is 16.5 Å². The summed E-state index contributed by atoms with van der Waals surface area (Å²) in [4.78, 5) is 14.4. The zero-order chi connectivity index (χ0) is 15.3. The number of hydrogen-bond acceptors (Lipinski definition) is 3. The lowest BCUT2D eigenvalue weighted by Crippen LogP contribution is -2.42. The van der Waals surface area contributed by atoms with Gasteiger partial charge < -0.3 is 15.3 Å². The first kappa shape index (κ1) is 17.2. The molecule has 4 nitrogen and oxygen atoms in total. The molecule has 0 saturated heterocycles. The summed E-state index contributed by atoms with van der Waals surface area (Å²) in [7, 11) is 3.98. The number of amides is 1. The Labute approximate surface area is 134 Å². The summed E-state index contributed by atoms with van der Waals surface area (Å²) in [5.41, 5.74) is 0.337. The third-order valence-corrected chi connectivity index (χ3v) is 3.55. The molecule has 20 heavy (non-hydrogen) atoms. The summed E-state index contributed by atoms with van der Waals surface area (Å²) in [6, 6.07) is 5.11. The molecule has 1 unspecified atom stereocenters. The lowest BCUT2D eigenvalue weighted by molar-refractivity contribution is 0.0922. The van der Waals surface area contributed by atoms with Crippen LogP contribution in [0.5, 0.6) is 5.75 Å². The first-order valence-electron chi connectivity index (χ1n) is 6.73. The van der Waals surface area contributed by atoms with Crippen molar-refractivity contribution in [3.8, 4) is 5.75 Å². The number of nitrogens with zero attached hydrogens (tertiary/aromatic N) is 1. The van der Waals surface area contributed by atoms with Crippen LogP contribution in [-0.2, 0) is 0 Å². The van der Waals surface area contributed by atoms with Crippen molar-refractivity contribution in [3.05, 3.63) is 27.3 Å². The van der Waals surface area contributed by atoms with Crippen LogP contribution >= 0.6 is 22.6 Å². The molecule has 0 aromatic heterocycles. The van der Waals surface area contributed by atoms with Crippen molar-refractivity contribution in [1.29, 1.82) is 0 Å². The molecule has 5 heteroatoms. The minimum atomic E-state index is -0.214. The molecule has 0 saturated carbocycles. The van der Waals surface area contributed by atoms with Gasteiger partial charge >= 0.3 is 0 Å². The van der Waals surface area contributed by atoms with Crippen molar-refractivity contribution in [3.63, 3.8) is 0 Å². The minimum absolute atomic E-state index is 0.0241. The van der Waals surface area contributed by atoms with Gasteiger partial charge in [-0.25, -0.2) is 0 Å². The Balaban J connectivity index is 2.81. The van der Waals surface area contributed by atoms with Crippen LogP contribution < -0.4 is 5.32 Å². The normalized spacial score (nSPS) is 12.8. The molecule has 0 aliphatic heterocycles. The number of nitrogens with one attached hydrogen (secondary N) is 1. The zero-order valence-electron chi connectivity index (χ0n) is 12.5. The third kappa shape index (κ3) is 5.66. The maximum Gasteiger partial charge on any atom is 0.255 e. The number of rotatable bonds is 6. The van der Waals surface area contributed by atoms with Gasteiger partial charge in [-0.2, -0.15) is 0 Å². The van der Waals surface area contributed by atoms with Gasteiger partial charge in [0.1, 0.15) is 5.75 Å². The van der Waals surface area contributed by atoms with Crippen LogP contribution in [0.15, 0.2) is 18.2 Å². The van der Waals surface area contributed by atoms with Crippen LogP contribution in [0.3, 0.4) is 0 Å². The van der Waals surface area contributed by atoms with Crippen molar-refractivity contribution >= 4 is 28.5 Å². The summed E-state index contributed by atoms with van der Waals surface area (Å²) in [5, 5.41) is 12.8. The van der Waals surface area contributed by atoms with Crippen molar-refractivity contribution < 1.29 is 9.90 Å². The topological polar surface area (TPSA) is 52.6 Å².